The van der Waals surface area contributed by atoms with Gasteiger partial charge in [-0.1, -0.05) is 36.0 Å². The molecule has 0 aromatic heterocycles. The van der Waals surface area contributed by atoms with Crippen LogP contribution in [0.25, 0.3) is 6.08 Å². The predicted molar refractivity (Wildman–Crippen MR) is 108 cm³/mol. The Morgan fingerprint density at radius 2 is 1.64 bits per heavy atom. The summed E-state index contributed by atoms with van der Waals surface area (Å²) in [5.41, 5.74) is 0.805. The van der Waals surface area contributed by atoms with Gasteiger partial charge in [0.05, 0.1) is 23.9 Å². The number of thioether (sulfide) groups is 1. The van der Waals surface area contributed by atoms with E-state index < -0.39 is 5.91 Å². The van der Waals surface area contributed by atoms with E-state index in [4.69, 9.17) is 17.0 Å². The van der Waals surface area contributed by atoms with Crippen LogP contribution >= 0.6 is 24.0 Å². The Hall–Kier alpha value is -2.45. The number of ether oxygens (including phenoxy) is 1. The Kier molecular flexibility index (Phi) is 3.96. The Morgan fingerprint density at radius 1 is 1.04 bits per heavy atom. The summed E-state index contributed by atoms with van der Waals surface area (Å²) >= 11 is 6.44. The van der Waals surface area contributed by atoms with Crippen molar-refractivity contribution in [3.05, 3.63) is 46.9 Å². The number of carbonyl (C=O) groups excluding carboxylic acids is 3. The molecular formula is C20H16N2O4S2. The van der Waals surface area contributed by atoms with Crippen molar-refractivity contribution >= 4 is 52.1 Å². The van der Waals surface area contributed by atoms with Crippen LogP contribution < -0.4 is 4.74 Å². The number of benzene rings is 1. The molecule has 5 rings (SSSR count). The molecular weight excluding hydrogens is 396 g/mol. The van der Waals surface area contributed by atoms with Gasteiger partial charge < -0.3 is 4.74 Å². The quantitative estimate of drug-likeness (QED) is 0.329. The normalized spacial score (nSPS) is 32.2. The lowest BCUT2D eigenvalue weighted by molar-refractivity contribution is -0.159. The number of allylic oxidation sites excluding steroid dienone is 2. The van der Waals surface area contributed by atoms with Crippen LogP contribution in [0.4, 0.5) is 0 Å². The van der Waals surface area contributed by atoms with Gasteiger partial charge in [0, 0.05) is 0 Å². The third-order valence-electron chi connectivity index (χ3n) is 5.83. The maximum atomic E-state index is 13.0. The van der Waals surface area contributed by atoms with Gasteiger partial charge in [0.2, 0.25) is 0 Å². The molecule has 2 bridgehead atoms. The molecule has 1 aromatic rings. The van der Waals surface area contributed by atoms with Crippen LogP contribution in [0.15, 0.2) is 41.3 Å². The highest BCUT2D eigenvalue weighted by molar-refractivity contribution is 8.26. The van der Waals surface area contributed by atoms with Gasteiger partial charge in [-0.25, -0.2) is 0 Å². The summed E-state index contributed by atoms with van der Waals surface area (Å²) in [6.07, 6.45) is 6.59. The number of hydrogen-bond acceptors (Lipinski definition) is 6. The second kappa shape index (κ2) is 6.28. The van der Waals surface area contributed by atoms with Crippen LogP contribution in [0, 0.1) is 23.7 Å². The van der Waals surface area contributed by atoms with Gasteiger partial charge in [0.25, 0.3) is 17.7 Å². The minimum atomic E-state index is -0.437. The van der Waals surface area contributed by atoms with E-state index in [-0.39, 0.29) is 39.8 Å². The minimum absolute atomic E-state index is 0.0877. The molecule has 2 saturated heterocycles. The zero-order valence-electron chi connectivity index (χ0n) is 14.9. The standard InChI is InChI=1S/C20H16N2O4S2/c1-26-13-6-2-10(3-7-13)8-14-17(23)22(20(27)28-14)21-18(24)15-11-4-5-12(9-11)16(15)19(21)25/h2-8,11-12,15-16H,9H2,1H3/b14-8+. The monoisotopic (exact) mass is 412 g/mol. The van der Waals surface area contributed by atoms with Crippen LogP contribution in [0.2, 0.25) is 0 Å². The van der Waals surface area contributed by atoms with Crippen molar-refractivity contribution < 1.29 is 19.1 Å². The number of nitrogens with zero attached hydrogens (tertiary/aromatic N) is 2. The van der Waals surface area contributed by atoms with Crippen LogP contribution in [0.5, 0.6) is 5.75 Å². The highest BCUT2D eigenvalue weighted by atomic mass is 32.2. The van der Waals surface area contributed by atoms with Crippen molar-refractivity contribution in [3.63, 3.8) is 0 Å². The molecule has 142 valence electrons. The van der Waals surface area contributed by atoms with E-state index in [0.717, 1.165) is 33.8 Å². The van der Waals surface area contributed by atoms with Crippen molar-refractivity contribution in [2.45, 2.75) is 6.42 Å². The molecule has 28 heavy (non-hydrogen) atoms. The van der Waals surface area contributed by atoms with Crippen LogP contribution in [-0.4, -0.2) is 39.2 Å². The van der Waals surface area contributed by atoms with Gasteiger partial charge in [0.15, 0.2) is 4.32 Å². The second-order valence-corrected chi connectivity index (χ2v) is 8.93. The fourth-order valence-electron chi connectivity index (χ4n) is 4.57. The maximum absolute atomic E-state index is 13.0. The van der Waals surface area contributed by atoms with Crippen molar-refractivity contribution in [3.8, 4) is 5.75 Å². The van der Waals surface area contributed by atoms with Crippen LogP contribution in [0.3, 0.4) is 0 Å². The van der Waals surface area contributed by atoms with Gasteiger partial charge >= 0.3 is 0 Å². The van der Waals surface area contributed by atoms with Gasteiger partial charge in [-0.2, -0.15) is 10.0 Å². The Balaban J connectivity index is 1.43. The molecule has 2 heterocycles. The zero-order chi connectivity index (χ0) is 19.6. The maximum Gasteiger partial charge on any atom is 0.285 e. The van der Waals surface area contributed by atoms with E-state index in [1.54, 1.807) is 25.3 Å². The number of carbonyl (C=O) groups is 3. The van der Waals surface area contributed by atoms with Gasteiger partial charge in [0.1, 0.15) is 5.75 Å². The third kappa shape index (κ3) is 2.41. The molecule has 3 amide bonds. The summed E-state index contributed by atoms with van der Waals surface area (Å²) < 4.78 is 5.34. The molecule has 2 aliphatic carbocycles. The van der Waals surface area contributed by atoms with Crippen molar-refractivity contribution in [2.24, 2.45) is 23.7 Å². The average molecular weight is 412 g/mol. The van der Waals surface area contributed by atoms with E-state index in [0.29, 0.717) is 10.7 Å². The largest absolute Gasteiger partial charge is 0.497 e. The summed E-state index contributed by atoms with van der Waals surface area (Å²) in [6.45, 7) is 0. The van der Waals surface area contributed by atoms with E-state index in [1.807, 2.05) is 24.3 Å². The summed E-state index contributed by atoms with van der Waals surface area (Å²) in [7, 11) is 1.58. The highest BCUT2D eigenvalue weighted by Crippen LogP contribution is 2.53. The first-order valence-corrected chi connectivity index (χ1v) is 10.2. The van der Waals surface area contributed by atoms with Crippen LogP contribution in [0.1, 0.15) is 12.0 Å². The van der Waals surface area contributed by atoms with Crippen LogP contribution in [-0.2, 0) is 14.4 Å². The number of amides is 3. The number of thiocarbonyl (C=S) groups is 1. The van der Waals surface area contributed by atoms with Gasteiger partial charge in [-0.05, 0) is 54.2 Å². The number of hydrogen-bond donors (Lipinski definition) is 0. The number of imide groups is 1. The molecule has 4 aliphatic rings. The number of hydrazine groups is 1. The lowest BCUT2D eigenvalue weighted by Gasteiger charge is -2.25. The lowest BCUT2D eigenvalue weighted by Crippen LogP contribution is -2.49. The molecule has 1 saturated carbocycles. The number of fused-ring (bicyclic) bond motifs is 5. The smallest absolute Gasteiger partial charge is 0.285 e. The lowest BCUT2D eigenvalue weighted by atomic mass is 9.85. The van der Waals surface area contributed by atoms with Crippen molar-refractivity contribution in [1.29, 1.82) is 0 Å². The SMILES string of the molecule is COc1ccc(/C=C2/SC(=S)N(N3C(=O)C4C5C=CC(C5)C4C3=O)C2=O)cc1. The summed E-state index contributed by atoms with van der Waals surface area (Å²) in [5, 5.41) is 2.08. The first-order valence-electron chi connectivity index (χ1n) is 8.97. The highest BCUT2D eigenvalue weighted by Gasteiger charge is 2.62. The Morgan fingerprint density at radius 3 is 2.21 bits per heavy atom. The molecule has 0 N–H and O–H groups in total. The van der Waals surface area contributed by atoms with Gasteiger partial charge in [-0.15, -0.1) is 0 Å². The molecule has 0 radical (unpaired) electrons. The predicted octanol–water partition coefficient (Wildman–Crippen LogP) is 2.62. The first kappa shape index (κ1) is 17.6. The van der Waals surface area contributed by atoms with E-state index in [2.05, 4.69) is 0 Å². The Bertz CT molecular complexity index is 954. The summed E-state index contributed by atoms with van der Waals surface area (Å²) in [4.78, 5) is 39.3. The molecule has 8 heteroatoms. The topological polar surface area (TPSA) is 66.9 Å². The molecule has 6 nitrogen and oxygen atoms in total. The molecule has 2 aliphatic heterocycles. The average Bonchev–Trinajstić information content (AvgIpc) is 3.42. The van der Waals surface area contributed by atoms with E-state index >= 15 is 0 Å². The Labute approximate surface area is 171 Å². The first-order chi connectivity index (χ1) is 13.5. The summed E-state index contributed by atoms with van der Waals surface area (Å²) in [6, 6.07) is 7.24. The van der Waals surface area contributed by atoms with E-state index in [1.165, 1.54) is 0 Å². The second-order valence-electron chi connectivity index (χ2n) is 7.25. The summed E-state index contributed by atoms with van der Waals surface area (Å²) in [5.74, 6) is -0.895. The number of methoxy groups -OCH3 is 1. The molecule has 1 aromatic carbocycles. The van der Waals surface area contributed by atoms with Gasteiger partial charge in [-0.3, -0.25) is 14.4 Å². The minimum Gasteiger partial charge on any atom is -0.497 e. The molecule has 4 atom stereocenters. The number of rotatable bonds is 3. The third-order valence-corrected chi connectivity index (χ3v) is 7.12. The molecule has 4 unspecified atom stereocenters. The van der Waals surface area contributed by atoms with Crippen molar-refractivity contribution in [2.75, 3.05) is 7.11 Å². The van der Waals surface area contributed by atoms with Crippen molar-refractivity contribution in [1.82, 2.24) is 10.0 Å². The fraction of sp³-hybridized carbons (Fsp3) is 0.300. The fourth-order valence-corrected chi connectivity index (χ4v) is 5.81. The zero-order valence-corrected chi connectivity index (χ0v) is 16.5. The van der Waals surface area contributed by atoms with E-state index in [9.17, 15) is 14.4 Å². The molecule has 0 spiro atoms. The molecule has 3 fully saturated rings.